The Balaban J connectivity index is 0. The number of allylic oxidation sites excluding steroid dienone is 5. The summed E-state index contributed by atoms with van der Waals surface area (Å²) < 4.78 is 10.9. The lowest BCUT2D eigenvalue weighted by Crippen LogP contribution is -2.11. The van der Waals surface area contributed by atoms with Crippen molar-refractivity contribution >= 4 is 11.4 Å². The van der Waals surface area contributed by atoms with Crippen LogP contribution in [0.5, 0.6) is 0 Å². The van der Waals surface area contributed by atoms with E-state index in [9.17, 15) is 0 Å². The molecule has 5 heteroatoms. The fourth-order valence-corrected chi connectivity index (χ4v) is 1.80. The summed E-state index contributed by atoms with van der Waals surface area (Å²) in [4.78, 5) is 10.7. The highest BCUT2D eigenvalue weighted by Crippen LogP contribution is 2.15. The fourth-order valence-electron chi connectivity index (χ4n) is 1.80. The number of ether oxygens (including phenoxy) is 2. The second-order valence-corrected chi connectivity index (χ2v) is 5.15. The van der Waals surface area contributed by atoms with Gasteiger partial charge >= 0.3 is 0 Å². The zero-order chi connectivity index (χ0) is 21.8. The Bertz CT molecular complexity index is 576. The van der Waals surface area contributed by atoms with E-state index in [4.69, 9.17) is 9.47 Å². The first-order chi connectivity index (χ1) is 13.6. The van der Waals surface area contributed by atoms with Crippen molar-refractivity contribution in [2.75, 3.05) is 38.8 Å². The molecule has 28 heavy (non-hydrogen) atoms. The molecule has 0 amide bonds. The maximum absolute atomic E-state index is 5.66. The van der Waals surface area contributed by atoms with Crippen molar-refractivity contribution in [2.45, 2.75) is 41.0 Å². The van der Waals surface area contributed by atoms with Crippen LogP contribution in [-0.4, -0.2) is 43.9 Å². The van der Waals surface area contributed by atoms with E-state index < -0.39 is 0 Å². The first kappa shape index (κ1) is 27.8. The Morgan fingerprint density at radius 3 is 2.14 bits per heavy atom. The minimum absolute atomic E-state index is 0.590. The smallest absolute Gasteiger partial charge is 0.146 e. The largest absolute Gasteiger partial charge is 0.494 e. The summed E-state index contributed by atoms with van der Waals surface area (Å²) in [5.41, 5.74) is 1.62. The normalized spacial score (nSPS) is 10.7. The lowest BCUT2D eigenvalue weighted by Gasteiger charge is -2.10. The summed E-state index contributed by atoms with van der Waals surface area (Å²) in [6.07, 6.45) is 11.5. The van der Waals surface area contributed by atoms with Gasteiger partial charge in [-0.25, -0.2) is 4.98 Å². The van der Waals surface area contributed by atoms with Crippen molar-refractivity contribution < 1.29 is 9.47 Å². The molecule has 1 aromatic rings. The Hall–Kier alpha value is -2.40. The maximum Gasteiger partial charge on any atom is 0.146 e. The molecule has 0 aliphatic heterocycles. The summed E-state index contributed by atoms with van der Waals surface area (Å²) in [5.74, 6) is 1.51. The fraction of sp³-hybridized carbons (Fsp3) is 0.478. The average Bonchev–Trinajstić information content (AvgIpc) is 2.75. The Morgan fingerprint density at radius 1 is 1.00 bits per heavy atom. The molecule has 0 fully saturated rings. The predicted molar refractivity (Wildman–Crippen MR) is 123 cm³/mol. The van der Waals surface area contributed by atoms with Crippen LogP contribution >= 0.6 is 0 Å². The number of anilines is 1. The van der Waals surface area contributed by atoms with Crippen molar-refractivity contribution in [1.82, 2.24) is 9.97 Å². The number of hydrogen-bond donors (Lipinski definition) is 0. The molecule has 0 aromatic carbocycles. The Morgan fingerprint density at radius 2 is 1.68 bits per heavy atom. The standard InChI is InChI=1S/C19H27N3O2.2C2H6/c1-6-16(18-14-21-19(15-20-18)22(4)5)10-11-17(7-2)24-13-9-12-23-8-3;2*1-2/h6-7,10-11,14-15H,1-2,8-9,12-13H2,3-5H3;2*1-2H3/b16-10+,17-11+;;. The van der Waals surface area contributed by atoms with Crippen LogP contribution in [0.1, 0.15) is 46.7 Å². The molecule has 0 unspecified atom stereocenters. The molecule has 5 nitrogen and oxygen atoms in total. The first-order valence-corrected chi connectivity index (χ1v) is 9.99. The van der Waals surface area contributed by atoms with Gasteiger partial charge in [0, 0.05) is 39.3 Å². The topological polar surface area (TPSA) is 47.5 Å². The van der Waals surface area contributed by atoms with Gasteiger partial charge in [0.05, 0.1) is 24.7 Å². The van der Waals surface area contributed by atoms with Gasteiger partial charge in [-0.3, -0.25) is 4.98 Å². The molecule has 0 N–H and O–H groups in total. The molecule has 0 saturated heterocycles. The third-order valence-electron chi connectivity index (χ3n) is 3.15. The summed E-state index contributed by atoms with van der Waals surface area (Å²) >= 11 is 0. The zero-order valence-electron chi connectivity index (χ0n) is 18.9. The summed E-state index contributed by atoms with van der Waals surface area (Å²) in [6.45, 7) is 19.6. The van der Waals surface area contributed by atoms with Crippen molar-refractivity contribution in [3.63, 3.8) is 0 Å². The predicted octanol–water partition coefficient (Wildman–Crippen LogP) is 5.68. The maximum atomic E-state index is 5.66. The average molecular weight is 390 g/mol. The van der Waals surface area contributed by atoms with E-state index in [0.717, 1.165) is 30.1 Å². The first-order valence-electron chi connectivity index (χ1n) is 9.99. The molecule has 0 radical (unpaired) electrons. The third-order valence-corrected chi connectivity index (χ3v) is 3.15. The third kappa shape index (κ3) is 12.1. The van der Waals surface area contributed by atoms with Crippen LogP contribution in [0, 0.1) is 0 Å². The summed E-state index contributed by atoms with van der Waals surface area (Å²) in [6, 6.07) is 0. The zero-order valence-corrected chi connectivity index (χ0v) is 18.9. The van der Waals surface area contributed by atoms with Crippen molar-refractivity contribution in [3.8, 4) is 0 Å². The van der Waals surface area contributed by atoms with Crippen LogP contribution < -0.4 is 4.90 Å². The molecule has 1 aromatic heterocycles. The van der Waals surface area contributed by atoms with E-state index in [0.29, 0.717) is 19.0 Å². The molecule has 158 valence electrons. The molecule has 0 saturated carbocycles. The quantitative estimate of drug-likeness (QED) is 0.277. The van der Waals surface area contributed by atoms with Crippen LogP contribution in [0.2, 0.25) is 0 Å². The SMILES string of the molecule is C=C/C(=C\C=C(/C=C)c1cnc(N(C)C)cn1)OCCCOCC.CC.CC. The molecule has 0 aliphatic carbocycles. The Labute approximate surface area is 172 Å². The van der Waals surface area contributed by atoms with Crippen LogP contribution in [0.4, 0.5) is 5.82 Å². The lowest BCUT2D eigenvalue weighted by molar-refractivity contribution is 0.118. The number of aromatic nitrogens is 2. The number of hydrogen-bond acceptors (Lipinski definition) is 5. The molecular weight excluding hydrogens is 350 g/mol. The Kier molecular flexibility index (Phi) is 19.2. The van der Waals surface area contributed by atoms with Gasteiger partial charge in [0.15, 0.2) is 0 Å². The molecule has 0 aliphatic rings. The van der Waals surface area contributed by atoms with Crippen LogP contribution in [0.25, 0.3) is 5.57 Å². The van der Waals surface area contributed by atoms with Crippen LogP contribution in [0.15, 0.2) is 55.6 Å². The van der Waals surface area contributed by atoms with Crippen LogP contribution in [-0.2, 0) is 9.47 Å². The van der Waals surface area contributed by atoms with Crippen molar-refractivity contribution in [1.29, 1.82) is 0 Å². The second kappa shape index (κ2) is 19.4. The van der Waals surface area contributed by atoms with E-state index in [-0.39, 0.29) is 0 Å². The molecule has 0 bridgehead atoms. The molecule has 1 heterocycles. The van der Waals surface area contributed by atoms with Gasteiger partial charge < -0.3 is 14.4 Å². The van der Waals surface area contributed by atoms with Gasteiger partial charge in [0.1, 0.15) is 11.6 Å². The van der Waals surface area contributed by atoms with Gasteiger partial charge in [-0.1, -0.05) is 46.9 Å². The molecule has 1 rings (SSSR count). The molecule has 0 atom stereocenters. The van der Waals surface area contributed by atoms with Crippen molar-refractivity contribution in [2.24, 2.45) is 0 Å². The van der Waals surface area contributed by atoms with Gasteiger partial charge in [-0.05, 0) is 25.2 Å². The lowest BCUT2D eigenvalue weighted by atomic mass is 10.1. The minimum Gasteiger partial charge on any atom is -0.494 e. The minimum atomic E-state index is 0.590. The second-order valence-electron chi connectivity index (χ2n) is 5.15. The highest BCUT2D eigenvalue weighted by atomic mass is 16.5. The van der Waals surface area contributed by atoms with E-state index in [1.807, 2.05) is 65.8 Å². The van der Waals surface area contributed by atoms with E-state index >= 15 is 0 Å². The van der Waals surface area contributed by atoms with E-state index in [1.54, 1.807) is 24.5 Å². The van der Waals surface area contributed by atoms with Crippen molar-refractivity contribution in [3.05, 3.63) is 61.3 Å². The summed E-state index contributed by atoms with van der Waals surface area (Å²) in [7, 11) is 3.85. The molecular formula is C23H39N3O2. The monoisotopic (exact) mass is 389 g/mol. The number of nitrogens with zero attached hydrogens (tertiary/aromatic N) is 3. The van der Waals surface area contributed by atoms with E-state index in [1.165, 1.54) is 0 Å². The van der Waals surface area contributed by atoms with Gasteiger partial charge in [-0.2, -0.15) is 0 Å². The van der Waals surface area contributed by atoms with Gasteiger partial charge in [0.2, 0.25) is 0 Å². The highest BCUT2D eigenvalue weighted by molar-refractivity contribution is 5.72. The summed E-state index contributed by atoms with van der Waals surface area (Å²) in [5, 5.41) is 0. The van der Waals surface area contributed by atoms with E-state index in [2.05, 4.69) is 23.1 Å². The van der Waals surface area contributed by atoms with Gasteiger partial charge in [0.25, 0.3) is 0 Å². The van der Waals surface area contributed by atoms with Crippen LogP contribution in [0.3, 0.4) is 0 Å². The number of rotatable bonds is 11. The van der Waals surface area contributed by atoms with Gasteiger partial charge in [-0.15, -0.1) is 0 Å². The highest BCUT2D eigenvalue weighted by Gasteiger charge is 2.02. The molecule has 0 spiro atoms.